The van der Waals surface area contributed by atoms with E-state index in [4.69, 9.17) is 32.7 Å². The standard InChI is InChI=1S/C19H14Cl2O4/c1-3-17(23)25-19-14-7-5-11(20)8-15(14)18(24-10(2)22)13-6-4-12(21)9-16(13)19/h3-5,7-8H,1,6,9H2,2H3. The van der Waals surface area contributed by atoms with Crippen LogP contribution in [-0.4, -0.2) is 11.9 Å². The summed E-state index contributed by atoms with van der Waals surface area (Å²) in [4.78, 5) is 23.4. The topological polar surface area (TPSA) is 52.6 Å². The summed E-state index contributed by atoms with van der Waals surface area (Å²) in [5.74, 6) is -0.225. The molecule has 2 aromatic carbocycles. The van der Waals surface area contributed by atoms with Crippen LogP contribution in [0.3, 0.4) is 0 Å². The molecule has 0 heterocycles. The molecule has 2 aromatic rings. The lowest BCUT2D eigenvalue weighted by atomic mass is 9.90. The van der Waals surface area contributed by atoms with Crippen molar-refractivity contribution in [1.29, 1.82) is 0 Å². The van der Waals surface area contributed by atoms with Crippen LogP contribution < -0.4 is 9.47 Å². The second kappa shape index (κ2) is 6.90. The van der Waals surface area contributed by atoms with Crippen LogP contribution in [0.1, 0.15) is 18.1 Å². The van der Waals surface area contributed by atoms with Gasteiger partial charge in [0.15, 0.2) is 0 Å². The summed E-state index contributed by atoms with van der Waals surface area (Å²) < 4.78 is 11.0. The zero-order valence-electron chi connectivity index (χ0n) is 13.4. The van der Waals surface area contributed by atoms with Crippen LogP contribution in [0.4, 0.5) is 0 Å². The molecule has 25 heavy (non-hydrogen) atoms. The maximum absolute atomic E-state index is 11.8. The molecule has 0 atom stereocenters. The molecule has 0 unspecified atom stereocenters. The molecule has 0 spiro atoms. The van der Waals surface area contributed by atoms with E-state index in [0.29, 0.717) is 50.7 Å². The summed E-state index contributed by atoms with van der Waals surface area (Å²) in [6.45, 7) is 4.77. The summed E-state index contributed by atoms with van der Waals surface area (Å²) in [5.41, 5.74) is 1.47. The van der Waals surface area contributed by atoms with E-state index in [9.17, 15) is 9.59 Å². The van der Waals surface area contributed by atoms with Crippen LogP contribution in [0.25, 0.3) is 10.8 Å². The molecule has 0 radical (unpaired) electrons. The third kappa shape index (κ3) is 3.41. The quantitative estimate of drug-likeness (QED) is 0.441. The average Bonchev–Trinajstić information content (AvgIpc) is 2.57. The molecule has 0 amide bonds. The Morgan fingerprint density at radius 3 is 2.52 bits per heavy atom. The number of esters is 2. The molecule has 0 aliphatic heterocycles. The molecule has 0 saturated heterocycles. The van der Waals surface area contributed by atoms with Crippen molar-refractivity contribution in [3.63, 3.8) is 0 Å². The van der Waals surface area contributed by atoms with Crippen LogP contribution in [0, 0.1) is 0 Å². The number of halogens is 2. The highest BCUT2D eigenvalue weighted by Crippen LogP contribution is 2.45. The second-order valence-electron chi connectivity index (χ2n) is 5.56. The number of hydrogen-bond donors (Lipinski definition) is 0. The molecular formula is C19H14Cl2O4. The minimum absolute atomic E-state index is 0.378. The number of carbonyl (C=O) groups excluding carboxylic acids is 2. The van der Waals surface area contributed by atoms with Gasteiger partial charge >= 0.3 is 11.9 Å². The third-order valence-electron chi connectivity index (χ3n) is 3.87. The van der Waals surface area contributed by atoms with Gasteiger partial charge < -0.3 is 9.47 Å². The van der Waals surface area contributed by atoms with Gasteiger partial charge in [0.2, 0.25) is 0 Å². The fourth-order valence-corrected chi connectivity index (χ4v) is 3.26. The molecule has 3 rings (SSSR count). The van der Waals surface area contributed by atoms with Crippen molar-refractivity contribution in [2.45, 2.75) is 19.8 Å². The number of hydrogen-bond acceptors (Lipinski definition) is 4. The maximum Gasteiger partial charge on any atom is 0.335 e. The highest BCUT2D eigenvalue weighted by molar-refractivity contribution is 6.31. The molecule has 1 aliphatic carbocycles. The van der Waals surface area contributed by atoms with E-state index in [-0.39, 0.29) is 0 Å². The minimum Gasteiger partial charge on any atom is -0.426 e. The number of fused-ring (bicyclic) bond motifs is 2. The van der Waals surface area contributed by atoms with Crippen molar-refractivity contribution in [3.05, 3.63) is 58.1 Å². The molecule has 0 saturated carbocycles. The van der Waals surface area contributed by atoms with E-state index in [1.807, 2.05) is 6.08 Å². The second-order valence-corrected chi connectivity index (χ2v) is 6.48. The average molecular weight is 377 g/mol. The van der Waals surface area contributed by atoms with Crippen molar-refractivity contribution in [2.24, 2.45) is 0 Å². The Balaban J connectivity index is 2.37. The van der Waals surface area contributed by atoms with Gasteiger partial charge in [-0.05, 0) is 24.6 Å². The van der Waals surface area contributed by atoms with E-state index in [2.05, 4.69) is 6.58 Å². The Kier molecular flexibility index (Phi) is 4.84. The lowest BCUT2D eigenvalue weighted by Gasteiger charge is -2.23. The predicted octanol–water partition coefficient (Wildman–Crippen LogP) is 4.73. The summed E-state index contributed by atoms with van der Waals surface area (Å²) >= 11 is 12.3. The highest BCUT2D eigenvalue weighted by atomic mass is 35.5. The largest absolute Gasteiger partial charge is 0.426 e. The first-order chi connectivity index (χ1) is 11.9. The van der Waals surface area contributed by atoms with Gasteiger partial charge in [-0.25, -0.2) is 4.79 Å². The van der Waals surface area contributed by atoms with Gasteiger partial charge in [0, 0.05) is 51.4 Å². The molecular weight excluding hydrogens is 363 g/mol. The van der Waals surface area contributed by atoms with Crippen LogP contribution in [-0.2, 0) is 22.4 Å². The van der Waals surface area contributed by atoms with Crippen LogP contribution in [0.15, 0.2) is 42.0 Å². The van der Waals surface area contributed by atoms with Crippen molar-refractivity contribution >= 4 is 45.9 Å². The molecule has 6 heteroatoms. The van der Waals surface area contributed by atoms with Gasteiger partial charge in [-0.2, -0.15) is 0 Å². The monoisotopic (exact) mass is 376 g/mol. The number of carbonyl (C=O) groups is 2. The van der Waals surface area contributed by atoms with Gasteiger partial charge in [0.1, 0.15) is 11.5 Å². The summed E-state index contributed by atoms with van der Waals surface area (Å²) in [6, 6.07) is 5.09. The summed E-state index contributed by atoms with van der Waals surface area (Å²) in [7, 11) is 0. The van der Waals surface area contributed by atoms with Crippen molar-refractivity contribution in [3.8, 4) is 11.5 Å². The lowest BCUT2D eigenvalue weighted by Crippen LogP contribution is -2.13. The fourth-order valence-electron chi connectivity index (χ4n) is 2.88. The SMILES string of the molecule is C=CC(=O)Oc1c2c(c(OC(C)=O)c3cc(Cl)ccc13)CC=C(Cl)C2. The number of rotatable bonds is 3. The Bertz CT molecular complexity index is 944. The zero-order valence-corrected chi connectivity index (χ0v) is 14.9. The predicted molar refractivity (Wildman–Crippen MR) is 97.4 cm³/mol. The highest BCUT2D eigenvalue weighted by Gasteiger charge is 2.26. The first-order valence-corrected chi connectivity index (χ1v) is 8.30. The fraction of sp³-hybridized carbons (Fsp3) is 0.158. The van der Waals surface area contributed by atoms with E-state index in [1.165, 1.54) is 6.92 Å². The van der Waals surface area contributed by atoms with E-state index >= 15 is 0 Å². The van der Waals surface area contributed by atoms with E-state index in [1.54, 1.807) is 18.2 Å². The van der Waals surface area contributed by atoms with Gasteiger partial charge in [-0.1, -0.05) is 35.9 Å². The molecule has 1 aliphatic rings. The van der Waals surface area contributed by atoms with Crippen LogP contribution >= 0.6 is 23.2 Å². The smallest absolute Gasteiger partial charge is 0.335 e. The number of benzene rings is 2. The van der Waals surface area contributed by atoms with Crippen molar-refractivity contribution in [1.82, 2.24) is 0 Å². The van der Waals surface area contributed by atoms with Gasteiger partial charge in [-0.15, -0.1) is 0 Å². The van der Waals surface area contributed by atoms with Crippen molar-refractivity contribution < 1.29 is 19.1 Å². The van der Waals surface area contributed by atoms with Gasteiger partial charge in [0.05, 0.1) is 0 Å². The Hall–Kier alpha value is -2.30. The molecule has 4 nitrogen and oxygen atoms in total. The molecule has 0 bridgehead atoms. The Morgan fingerprint density at radius 2 is 1.84 bits per heavy atom. The third-order valence-corrected chi connectivity index (χ3v) is 4.39. The Labute approximate surface area is 154 Å². The van der Waals surface area contributed by atoms with E-state index < -0.39 is 11.9 Å². The van der Waals surface area contributed by atoms with Crippen LogP contribution in [0.5, 0.6) is 11.5 Å². The van der Waals surface area contributed by atoms with Gasteiger partial charge in [-0.3, -0.25) is 4.79 Å². The van der Waals surface area contributed by atoms with E-state index in [0.717, 1.165) is 11.6 Å². The van der Waals surface area contributed by atoms with Crippen molar-refractivity contribution in [2.75, 3.05) is 0 Å². The summed E-state index contributed by atoms with van der Waals surface area (Å²) in [5, 5.41) is 2.32. The zero-order chi connectivity index (χ0) is 18.1. The first kappa shape index (κ1) is 17.5. The molecule has 0 aromatic heterocycles. The normalized spacial score (nSPS) is 13.0. The number of ether oxygens (including phenoxy) is 2. The van der Waals surface area contributed by atoms with Crippen LogP contribution in [0.2, 0.25) is 5.02 Å². The minimum atomic E-state index is -0.579. The maximum atomic E-state index is 11.8. The molecule has 0 N–H and O–H groups in total. The molecule has 0 fully saturated rings. The Morgan fingerprint density at radius 1 is 1.12 bits per heavy atom. The van der Waals surface area contributed by atoms with Gasteiger partial charge in [0.25, 0.3) is 0 Å². The lowest BCUT2D eigenvalue weighted by molar-refractivity contribution is -0.132. The molecule has 128 valence electrons. The summed E-state index contributed by atoms with van der Waals surface area (Å²) in [6.07, 6.45) is 3.77. The first-order valence-electron chi connectivity index (χ1n) is 7.55. The number of allylic oxidation sites excluding steroid dienone is 2.